The number of H-pyrrole nitrogens is 1. The van der Waals surface area contributed by atoms with Gasteiger partial charge in [0.25, 0.3) is 5.69 Å². The minimum absolute atomic E-state index is 0.0192. The van der Waals surface area contributed by atoms with Crippen molar-refractivity contribution >= 4 is 44.4 Å². The number of benzene rings is 2. The van der Waals surface area contributed by atoms with Crippen LogP contribution in [-0.4, -0.2) is 29.8 Å². The number of rotatable bonds is 5. The number of halogens is 1. The highest BCUT2D eigenvalue weighted by molar-refractivity contribution is 9.10. The van der Waals surface area contributed by atoms with Crippen LogP contribution in [0.2, 0.25) is 0 Å². The van der Waals surface area contributed by atoms with Crippen molar-refractivity contribution in [3.05, 3.63) is 62.9 Å². The Morgan fingerprint density at radius 1 is 1.26 bits per heavy atom. The fourth-order valence-corrected chi connectivity index (χ4v) is 3.69. The van der Waals surface area contributed by atoms with Crippen LogP contribution < -0.4 is 5.84 Å². The lowest BCUT2D eigenvalue weighted by Crippen LogP contribution is -2.11. The number of nitro benzene ring substituents is 1. The molecule has 0 saturated carbocycles. The molecule has 9 nitrogen and oxygen atoms in total. The number of aromatic nitrogens is 5. The molecule has 0 saturated heterocycles. The highest BCUT2D eigenvalue weighted by Gasteiger charge is 2.14. The van der Waals surface area contributed by atoms with Gasteiger partial charge in [0.15, 0.2) is 5.82 Å². The summed E-state index contributed by atoms with van der Waals surface area (Å²) >= 11 is 4.80. The molecule has 0 amide bonds. The first-order valence-electron chi connectivity index (χ1n) is 7.73. The number of nitrogens with two attached hydrogens (primary N) is 1. The molecular weight excluding hydrogens is 434 g/mol. The van der Waals surface area contributed by atoms with E-state index in [4.69, 9.17) is 5.84 Å². The molecule has 136 valence electrons. The van der Waals surface area contributed by atoms with Gasteiger partial charge in [0.1, 0.15) is 5.82 Å². The average molecular weight is 446 g/mol. The molecule has 0 unspecified atom stereocenters. The number of nitrogens with one attached hydrogen (secondary N) is 1. The molecule has 0 atom stereocenters. The van der Waals surface area contributed by atoms with Gasteiger partial charge < -0.3 is 10.8 Å². The van der Waals surface area contributed by atoms with Crippen LogP contribution >= 0.6 is 27.7 Å². The van der Waals surface area contributed by atoms with Gasteiger partial charge >= 0.3 is 0 Å². The number of hydrogen-bond donors (Lipinski definition) is 2. The third-order valence-corrected chi connectivity index (χ3v) is 5.26. The van der Waals surface area contributed by atoms with E-state index in [0.717, 1.165) is 10.0 Å². The van der Waals surface area contributed by atoms with Crippen molar-refractivity contribution in [2.75, 3.05) is 5.84 Å². The smallest absolute Gasteiger partial charge is 0.271 e. The lowest BCUT2D eigenvalue weighted by atomic mass is 10.2. The van der Waals surface area contributed by atoms with Crippen molar-refractivity contribution in [1.82, 2.24) is 24.8 Å². The maximum absolute atomic E-state index is 10.9. The van der Waals surface area contributed by atoms with Crippen LogP contribution in [0.3, 0.4) is 0 Å². The number of imidazole rings is 1. The van der Waals surface area contributed by atoms with Gasteiger partial charge in [0.2, 0.25) is 5.16 Å². The summed E-state index contributed by atoms with van der Waals surface area (Å²) in [5.41, 5.74) is 2.15. The Kier molecular flexibility index (Phi) is 4.54. The predicted molar refractivity (Wildman–Crippen MR) is 106 cm³/mol. The van der Waals surface area contributed by atoms with Crippen LogP contribution in [0.1, 0.15) is 5.82 Å². The second-order valence-corrected chi connectivity index (χ2v) is 7.48. The molecule has 4 rings (SSSR count). The predicted octanol–water partition coefficient (Wildman–Crippen LogP) is 3.50. The number of thioether (sulfide) groups is 1. The van der Waals surface area contributed by atoms with Crippen LogP contribution in [-0.2, 0) is 5.75 Å². The Hall–Kier alpha value is -2.92. The Labute approximate surface area is 165 Å². The van der Waals surface area contributed by atoms with E-state index in [1.54, 1.807) is 6.07 Å². The fraction of sp³-hybridized carbons (Fsp3) is 0.0625. The van der Waals surface area contributed by atoms with E-state index in [1.807, 2.05) is 24.3 Å². The molecule has 3 N–H and O–H groups in total. The van der Waals surface area contributed by atoms with Gasteiger partial charge in [-0.1, -0.05) is 39.8 Å². The summed E-state index contributed by atoms with van der Waals surface area (Å²) in [5.74, 6) is 7.82. The lowest BCUT2D eigenvalue weighted by Gasteiger charge is -2.03. The van der Waals surface area contributed by atoms with Crippen molar-refractivity contribution in [1.29, 1.82) is 0 Å². The Bertz CT molecular complexity index is 1160. The molecular formula is C16H12BrN7O2S. The van der Waals surface area contributed by atoms with Crippen molar-refractivity contribution in [3.63, 3.8) is 0 Å². The van der Waals surface area contributed by atoms with Crippen LogP contribution in [0.15, 0.2) is 52.1 Å². The molecule has 0 aliphatic rings. The van der Waals surface area contributed by atoms with Gasteiger partial charge in [-0.25, -0.2) is 9.66 Å². The molecule has 27 heavy (non-hydrogen) atoms. The minimum Gasteiger partial charge on any atom is -0.341 e. The van der Waals surface area contributed by atoms with E-state index in [2.05, 4.69) is 36.1 Å². The summed E-state index contributed by atoms with van der Waals surface area (Å²) in [4.78, 5) is 18.0. The topological polar surface area (TPSA) is 129 Å². The first-order chi connectivity index (χ1) is 13.0. The Balaban J connectivity index is 1.54. The lowest BCUT2D eigenvalue weighted by molar-refractivity contribution is -0.384. The van der Waals surface area contributed by atoms with E-state index in [-0.39, 0.29) is 5.69 Å². The summed E-state index contributed by atoms with van der Waals surface area (Å²) < 4.78 is 2.36. The summed E-state index contributed by atoms with van der Waals surface area (Å²) in [5, 5.41) is 19.7. The second-order valence-electron chi connectivity index (χ2n) is 5.62. The Morgan fingerprint density at radius 3 is 2.89 bits per heavy atom. The maximum atomic E-state index is 10.9. The monoisotopic (exact) mass is 445 g/mol. The molecule has 2 heterocycles. The third-order valence-electron chi connectivity index (χ3n) is 3.81. The van der Waals surface area contributed by atoms with E-state index in [9.17, 15) is 10.1 Å². The van der Waals surface area contributed by atoms with Crippen LogP contribution in [0, 0.1) is 10.1 Å². The van der Waals surface area contributed by atoms with Crippen LogP contribution in [0.4, 0.5) is 5.69 Å². The zero-order chi connectivity index (χ0) is 19.0. The van der Waals surface area contributed by atoms with E-state index < -0.39 is 4.92 Å². The molecule has 11 heteroatoms. The number of fused-ring (bicyclic) bond motifs is 1. The second kappa shape index (κ2) is 7.00. The highest BCUT2D eigenvalue weighted by Crippen LogP contribution is 2.26. The van der Waals surface area contributed by atoms with Gasteiger partial charge in [-0.3, -0.25) is 10.1 Å². The van der Waals surface area contributed by atoms with Gasteiger partial charge in [-0.15, -0.1) is 10.2 Å². The molecule has 0 aliphatic carbocycles. The molecule has 2 aromatic heterocycles. The third kappa shape index (κ3) is 3.51. The van der Waals surface area contributed by atoms with Crippen molar-refractivity contribution in [2.45, 2.75) is 10.9 Å². The normalized spacial score (nSPS) is 11.1. The number of nitrogens with zero attached hydrogens (tertiary/aromatic N) is 5. The van der Waals surface area contributed by atoms with Gasteiger partial charge in [-0.2, -0.15) is 0 Å². The Morgan fingerprint density at radius 2 is 2.11 bits per heavy atom. The molecule has 4 aromatic rings. The maximum Gasteiger partial charge on any atom is 0.271 e. The minimum atomic E-state index is -0.435. The molecule has 2 aromatic carbocycles. The first kappa shape index (κ1) is 17.5. The highest BCUT2D eigenvalue weighted by atomic mass is 79.9. The SMILES string of the molecule is Nn1c(SCc2nc3ccc([N+](=O)[O-])cc3[nH]2)nnc1-c1cccc(Br)c1. The molecule has 0 spiro atoms. The summed E-state index contributed by atoms with van der Waals surface area (Å²) in [6.07, 6.45) is 0. The van der Waals surface area contributed by atoms with Gasteiger partial charge in [-0.05, 0) is 18.2 Å². The first-order valence-corrected chi connectivity index (χ1v) is 9.51. The van der Waals surface area contributed by atoms with Crippen molar-refractivity contribution in [2.24, 2.45) is 0 Å². The van der Waals surface area contributed by atoms with Crippen molar-refractivity contribution < 1.29 is 4.92 Å². The quantitative estimate of drug-likeness (QED) is 0.208. The zero-order valence-electron chi connectivity index (χ0n) is 13.7. The summed E-state index contributed by atoms with van der Waals surface area (Å²) in [7, 11) is 0. The van der Waals surface area contributed by atoms with Crippen LogP contribution in [0.5, 0.6) is 0 Å². The zero-order valence-corrected chi connectivity index (χ0v) is 16.1. The number of non-ortho nitro benzene ring substituents is 1. The number of nitrogen functional groups attached to an aromatic ring is 1. The van der Waals surface area contributed by atoms with E-state index in [1.165, 1.54) is 28.6 Å². The van der Waals surface area contributed by atoms with Crippen molar-refractivity contribution in [3.8, 4) is 11.4 Å². The standard InChI is InChI=1S/C16H12BrN7O2S/c17-10-3-1-2-9(6-10)15-21-22-16(23(15)18)27-8-14-19-12-5-4-11(24(25)26)7-13(12)20-14/h1-7H,8,18H2,(H,19,20). The summed E-state index contributed by atoms with van der Waals surface area (Å²) in [6, 6.07) is 12.1. The molecule has 0 aliphatic heterocycles. The average Bonchev–Trinajstić information content (AvgIpc) is 3.22. The van der Waals surface area contributed by atoms with E-state index >= 15 is 0 Å². The van der Waals surface area contributed by atoms with E-state index in [0.29, 0.717) is 33.6 Å². The largest absolute Gasteiger partial charge is 0.341 e. The van der Waals surface area contributed by atoms with Gasteiger partial charge in [0, 0.05) is 22.2 Å². The fourth-order valence-electron chi connectivity index (χ4n) is 2.57. The van der Waals surface area contributed by atoms with Crippen LogP contribution in [0.25, 0.3) is 22.4 Å². The number of aromatic amines is 1. The summed E-state index contributed by atoms with van der Waals surface area (Å²) in [6.45, 7) is 0. The molecule has 0 radical (unpaired) electrons. The molecule has 0 fully saturated rings. The molecule has 0 bridgehead atoms. The number of hydrogen-bond acceptors (Lipinski definition) is 7. The number of nitro groups is 1. The van der Waals surface area contributed by atoms with Gasteiger partial charge in [0.05, 0.1) is 21.7 Å².